The quantitative estimate of drug-likeness (QED) is 0.667. The molecule has 0 bridgehead atoms. The molecule has 1 atom stereocenters. The SMILES string of the molecule is O=C1CCC2(CC3CCCC3)Cc3c(cc(F)c(O)c3Cl)C2=C1Br. The summed E-state index contributed by atoms with van der Waals surface area (Å²) in [6.45, 7) is 0. The molecule has 3 aliphatic rings. The minimum Gasteiger partial charge on any atom is -0.504 e. The van der Waals surface area contributed by atoms with E-state index in [2.05, 4.69) is 15.9 Å². The monoisotopic (exact) mass is 412 g/mol. The highest BCUT2D eigenvalue weighted by molar-refractivity contribution is 9.12. The molecule has 0 aromatic heterocycles. The summed E-state index contributed by atoms with van der Waals surface area (Å²) >= 11 is 9.74. The van der Waals surface area contributed by atoms with Crippen molar-refractivity contribution in [3.8, 4) is 5.75 Å². The first kappa shape index (κ1) is 16.6. The van der Waals surface area contributed by atoms with Crippen molar-refractivity contribution in [3.63, 3.8) is 0 Å². The molecule has 1 unspecified atom stereocenters. The van der Waals surface area contributed by atoms with Gasteiger partial charge in [0.2, 0.25) is 0 Å². The van der Waals surface area contributed by atoms with Gasteiger partial charge in [-0.05, 0) is 63.9 Å². The summed E-state index contributed by atoms with van der Waals surface area (Å²) in [7, 11) is 0. The molecule has 24 heavy (non-hydrogen) atoms. The molecule has 1 fully saturated rings. The molecule has 0 amide bonds. The number of fused-ring (bicyclic) bond motifs is 3. The molecule has 0 spiro atoms. The summed E-state index contributed by atoms with van der Waals surface area (Å²) in [5, 5.41) is 9.99. The van der Waals surface area contributed by atoms with Crippen molar-refractivity contribution in [1.29, 1.82) is 0 Å². The average molecular weight is 414 g/mol. The van der Waals surface area contributed by atoms with E-state index in [1.54, 1.807) is 0 Å². The first-order valence-corrected chi connectivity index (χ1v) is 9.74. The number of phenolic OH excluding ortho intramolecular Hbond substituents is 1. The maximum Gasteiger partial charge on any atom is 0.170 e. The van der Waals surface area contributed by atoms with E-state index in [9.17, 15) is 14.3 Å². The fourth-order valence-corrected chi connectivity index (χ4v) is 6.06. The molecule has 0 aliphatic heterocycles. The number of phenols is 1. The number of carbonyl (C=O) groups excluding carboxylic acids is 1. The highest BCUT2D eigenvalue weighted by Gasteiger charge is 2.49. The summed E-state index contributed by atoms with van der Waals surface area (Å²) in [5.41, 5.74) is 2.25. The van der Waals surface area contributed by atoms with Gasteiger partial charge < -0.3 is 5.11 Å². The molecule has 3 aliphatic carbocycles. The zero-order valence-electron chi connectivity index (χ0n) is 13.3. The van der Waals surface area contributed by atoms with Crippen LogP contribution in [0.15, 0.2) is 10.5 Å². The van der Waals surface area contributed by atoms with E-state index < -0.39 is 11.6 Å². The number of hydrogen-bond acceptors (Lipinski definition) is 2. The Kier molecular flexibility index (Phi) is 4.04. The minimum atomic E-state index is -0.721. The van der Waals surface area contributed by atoms with Crippen LogP contribution in [0.3, 0.4) is 0 Å². The number of aromatic hydroxyl groups is 1. The van der Waals surface area contributed by atoms with Gasteiger partial charge >= 0.3 is 0 Å². The Morgan fingerprint density at radius 3 is 2.79 bits per heavy atom. The van der Waals surface area contributed by atoms with Crippen molar-refractivity contribution in [2.45, 2.75) is 51.4 Å². The average Bonchev–Trinajstić information content (AvgIpc) is 3.16. The van der Waals surface area contributed by atoms with E-state index in [1.165, 1.54) is 31.7 Å². The van der Waals surface area contributed by atoms with Crippen LogP contribution in [0.25, 0.3) is 5.57 Å². The smallest absolute Gasteiger partial charge is 0.170 e. The second kappa shape index (κ2) is 5.84. The van der Waals surface area contributed by atoms with Gasteiger partial charge in [-0.3, -0.25) is 4.79 Å². The number of allylic oxidation sites excluding steroid dienone is 2. The number of benzene rings is 1. The summed E-state index contributed by atoms with van der Waals surface area (Å²) in [6, 6.07) is 1.35. The molecule has 5 heteroatoms. The van der Waals surface area contributed by atoms with Gasteiger partial charge in [-0.25, -0.2) is 4.39 Å². The molecule has 2 nitrogen and oxygen atoms in total. The molecule has 0 radical (unpaired) electrons. The third-order valence-electron chi connectivity index (χ3n) is 6.06. The molecule has 4 rings (SSSR count). The van der Waals surface area contributed by atoms with E-state index in [-0.39, 0.29) is 16.2 Å². The third-order valence-corrected chi connectivity index (χ3v) is 7.31. The van der Waals surface area contributed by atoms with Crippen LogP contribution in [-0.4, -0.2) is 10.9 Å². The second-order valence-electron chi connectivity index (χ2n) is 7.47. The van der Waals surface area contributed by atoms with Crippen molar-refractivity contribution in [2.24, 2.45) is 11.3 Å². The standard InChI is InChI=1S/C19H19BrClFO2/c20-16-14(23)5-6-19(8-10-3-1-2-4-10)9-12-11(15(16)19)7-13(22)18(24)17(12)21/h7,10,24H,1-6,8-9H2. The molecular formula is C19H19BrClFO2. The van der Waals surface area contributed by atoms with Gasteiger partial charge in [-0.1, -0.05) is 37.3 Å². The largest absolute Gasteiger partial charge is 0.504 e. The Morgan fingerprint density at radius 2 is 2.08 bits per heavy atom. The fraction of sp³-hybridized carbons (Fsp3) is 0.526. The number of rotatable bonds is 2. The summed E-state index contributed by atoms with van der Waals surface area (Å²) in [4.78, 5) is 12.3. The van der Waals surface area contributed by atoms with E-state index in [0.29, 0.717) is 28.8 Å². The predicted molar refractivity (Wildman–Crippen MR) is 95.9 cm³/mol. The van der Waals surface area contributed by atoms with E-state index in [0.717, 1.165) is 24.0 Å². The Hall–Kier alpha value is -0.870. The number of carbonyl (C=O) groups is 1. The highest BCUT2D eigenvalue weighted by Crippen LogP contribution is 2.60. The zero-order chi connectivity index (χ0) is 17.1. The number of Topliss-reactive ketones (excluding diaryl/α,β-unsaturated/α-hetero) is 1. The molecule has 0 heterocycles. The maximum absolute atomic E-state index is 14.1. The molecule has 1 N–H and O–H groups in total. The Bertz CT molecular complexity index is 767. The lowest BCUT2D eigenvalue weighted by atomic mass is 9.67. The van der Waals surface area contributed by atoms with Gasteiger partial charge in [0.1, 0.15) is 0 Å². The third kappa shape index (κ3) is 2.37. The Morgan fingerprint density at radius 1 is 1.38 bits per heavy atom. The summed E-state index contributed by atoms with van der Waals surface area (Å²) in [5.74, 6) is -0.473. The molecule has 1 saturated carbocycles. The maximum atomic E-state index is 14.1. The first-order valence-electron chi connectivity index (χ1n) is 8.56. The lowest BCUT2D eigenvalue weighted by Crippen LogP contribution is -2.29. The van der Waals surface area contributed by atoms with Crippen LogP contribution in [0, 0.1) is 17.2 Å². The van der Waals surface area contributed by atoms with Crippen molar-refractivity contribution in [1.82, 2.24) is 0 Å². The van der Waals surface area contributed by atoms with Crippen molar-refractivity contribution in [2.75, 3.05) is 0 Å². The van der Waals surface area contributed by atoms with Gasteiger partial charge in [-0.15, -0.1) is 0 Å². The zero-order valence-corrected chi connectivity index (χ0v) is 15.6. The number of halogens is 3. The van der Waals surface area contributed by atoms with Gasteiger partial charge in [0.15, 0.2) is 17.3 Å². The second-order valence-corrected chi connectivity index (χ2v) is 8.64. The topological polar surface area (TPSA) is 37.3 Å². The van der Waals surface area contributed by atoms with Gasteiger partial charge in [-0.2, -0.15) is 0 Å². The van der Waals surface area contributed by atoms with Crippen LogP contribution >= 0.6 is 27.5 Å². The predicted octanol–water partition coefficient (Wildman–Crippen LogP) is 5.78. The minimum absolute atomic E-state index is 0.0736. The van der Waals surface area contributed by atoms with Crippen LogP contribution in [-0.2, 0) is 11.2 Å². The highest BCUT2D eigenvalue weighted by atomic mass is 79.9. The van der Waals surface area contributed by atoms with Crippen molar-refractivity contribution >= 4 is 38.9 Å². The van der Waals surface area contributed by atoms with Gasteiger partial charge in [0, 0.05) is 11.8 Å². The lowest BCUT2D eigenvalue weighted by molar-refractivity contribution is -0.115. The van der Waals surface area contributed by atoms with Crippen LogP contribution < -0.4 is 0 Å². The number of ketones is 1. The van der Waals surface area contributed by atoms with Crippen LogP contribution in [0.1, 0.15) is 56.1 Å². The molecule has 1 aromatic rings. The molecule has 128 valence electrons. The van der Waals surface area contributed by atoms with Crippen LogP contribution in [0.2, 0.25) is 5.02 Å². The number of hydrogen-bond donors (Lipinski definition) is 1. The summed E-state index contributed by atoms with van der Waals surface area (Å²) < 4.78 is 14.7. The van der Waals surface area contributed by atoms with Crippen LogP contribution in [0.5, 0.6) is 5.75 Å². The first-order chi connectivity index (χ1) is 11.4. The molecule has 1 aromatic carbocycles. The Balaban J connectivity index is 1.88. The van der Waals surface area contributed by atoms with E-state index >= 15 is 0 Å². The van der Waals surface area contributed by atoms with Gasteiger partial charge in [0.05, 0.1) is 9.51 Å². The lowest BCUT2D eigenvalue weighted by Gasteiger charge is -2.37. The van der Waals surface area contributed by atoms with E-state index in [4.69, 9.17) is 11.6 Å². The van der Waals surface area contributed by atoms with Crippen molar-refractivity contribution in [3.05, 3.63) is 32.5 Å². The summed E-state index contributed by atoms with van der Waals surface area (Å²) in [6.07, 6.45) is 7.97. The molecular weight excluding hydrogens is 395 g/mol. The van der Waals surface area contributed by atoms with Gasteiger partial charge in [0.25, 0.3) is 0 Å². The van der Waals surface area contributed by atoms with Crippen molar-refractivity contribution < 1.29 is 14.3 Å². The van der Waals surface area contributed by atoms with Crippen LogP contribution in [0.4, 0.5) is 4.39 Å². The fourth-order valence-electron chi connectivity index (χ4n) is 4.97. The normalized spacial score (nSPS) is 26.9. The Labute approximate surface area is 154 Å². The molecule has 0 saturated heterocycles. The van der Waals surface area contributed by atoms with E-state index in [1.807, 2.05) is 0 Å².